The number of amides is 2. The highest BCUT2D eigenvalue weighted by Gasteiger charge is 2.29. The van der Waals surface area contributed by atoms with Crippen LogP contribution in [-0.2, 0) is 4.79 Å². The molecule has 2 aliphatic rings. The summed E-state index contributed by atoms with van der Waals surface area (Å²) < 4.78 is 0. The monoisotopic (exact) mass is 406 g/mol. The van der Waals surface area contributed by atoms with Crippen LogP contribution in [0.15, 0.2) is 42.6 Å². The third kappa shape index (κ3) is 4.70. The Hall–Kier alpha value is -2.73. The molecule has 6 heteroatoms. The molecule has 0 radical (unpaired) electrons. The van der Waals surface area contributed by atoms with Crippen LogP contribution in [0.2, 0.25) is 0 Å². The summed E-state index contributed by atoms with van der Waals surface area (Å²) in [5, 5.41) is 0. The highest BCUT2D eigenvalue weighted by Crippen LogP contribution is 2.31. The van der Waals surface area contributed by atoms with Crippen LogP contribution in [0.3, 0.4) is 0 Å². The van der Waals surface area contributed by atoms with Crippen LogP contribution in [0, 0.1) is 0 Å². The number of likely N-dealkylation sites (tertiary alicyclic amines) is 2. The van der Waals surface area contributed by atoms with Gasteiger partial charge >= 0.3 is 0 Å². The van der Waals surface area contributed by atoms with Gasteiger partial charge in [0, 0.05) is 23.9 Å². The van der Waals surface area contributed by atoms with E-state index in [1.807, 2.05) is 24.4 Å². The molecule has 6 nitrogen and oxygen atoms in total. The molecule has 1 aromatic carbocycles. The number of piperidine rings is 2. The van der Waals surface area contributed by atoms with Gasteiger partial charge in [-0.25, -0.2) is 0 Å². The summed E-state index contributed by atoms with van der Waals surface area (Å²) in [7, 11) is 0. The average molecular weight is 407 g/mol. The number of nitrogens with two attached hydrogens (primary N) is 1. The molecule has 2 aromatic rings. The topological polar surface area (TPSA) is 79.5 Å². The lowest BCUT2D eigenvalue weighted by molar-refractivity contribution is -0.136. The number of rotatable bonds is 5. The zero-order valence-electron chi connectivity index (χ0n) is 17.4. The number of carbonyl (C=O) groups excluding carboxylic acids is 2. The van der Waals surface area contributed by atoms with Crippen LogP contribution < -0.4 is 5.73 Å². The van der Waals surface area contributed by atoms with Crippen LogP contribution >= 0.6 is 0 Å². The molecule has 0 spiro atoms. The molecule has 2 amide bonds. The lowest BCUT2D eigenvalue weighted by Gasteiger charge is -2.38. The van der Waals surface area contributed by atoms with E-state index in [4.69, 9.17) is 5.73 Å². The van der Waals surface area contributed by atoms with Gasteiger partial charge in [-0.15, -0.1) is 0 Å². The molecule has 2 saturated heterocycles. The second kappa shape index (κ2) is 9.39. The molecule has 2 fully saturated rings. The molecule has 3 heterocycles. The first-order valence-corrected chi connectivity index (χ1v) is 11.0. The quantitative estimate of drug-likeness (QED) is 0.825. The molecule has 158 valence electrons. The van der Waals surface area contributed by atoms with E-state index < -0.39 is 5.91 Å². The Balaban J connectivity index is 1.47. The van der Waals surface area contributed by atoms with Crippen molar-refractivity contribution in [3.63, 3.8) is 0 Å². The first kappa shape index (κ1) is 20.5. The Labute approximate surface area is 178 Å². The Kier molecular flexibility index (Phi) is 6.43. The molecular formula is C24H30N4O2. The Morgan fingerprint density at radius 1 is 0.933 bits per heavy atom. The predicted octanol–water partition coefficient (Wildman–Crippen LogP) is 3.39. The average Bonchev–Trinajstić information content (AvgIpc) is 2.80. The molecule has 1 unspecified atom stereocenters. The third-order valence-electron chi connectivity index (χ3n) is 6.27. The fraction of sp³-hybridized carbons (Fsp3) is 0.458. The highest BCUT2D eigenvalue weighted by molar-refractivity contribution is 5.93. The molecule has 0 saturated carbocycles. The maximum absolute atomic E-state index is 13.1. The minimum absolute atomic E-state index is 0.106. The van der Waals surface area contributed by atoms with Crippen molar-refractivity contribution in [2.75, 3.05) is 26.2 Å². The number of carbonyl (C=O) groups is 2. The summed E-state index contributed by atoms with van der Waals surface area (Å²) in [6.07, 6.45) is 8.76. The lowest BCUT2D eigenvalue weighted by Crippen LogP contribution is -2.45. The van der Waals surface area contributed by atoms with Crippen molar-refractivity contribution in [2.24, 2.45) is 5.73 Å². The van der Waals surface area contributed by atoms with Gasteiger partial charge in [0.25, 0.3) is 0 Å². The van der Waals surface area contributed by atoms with E-state index in [2.05, 4.69) is 20.9 Å². The van der Waals surface area contributed by atoms with Gasteiger partial charge in [-0.05, 0) is 69.0 Å². The fourth-order valence-electron chi connectivity index (χ4n) is 4.55. The molecule has 1 atom stereocenters. The first-order valence-electron chi connectivity index (χ1n) is 11.0. The van der Waals surface area contributed by atoms with E-state index in [0.717, 1.165) is 55.7 Å². The molecule has 0 bridgehead atoms. The molecule has 2 aliphatic heterocycles. The number of benzene rings is 1. The van der Waals surface area contributed by atoms with Crippen molar-refractivity contribution in [1.82, 2.24) is 14.8 Å². The number of nitrogens with zero attached hydrogens (tertiary/aromatic N) is 3. The van der Waals surface area contributed by atoms with Gasteiger partial charge in [0.15, 0.2) is 0 Å². The highest BCUT2D eigenvalue weighted by atomic mass is 16.2. The summed E-state index contributed by atoms with van der Waals surface area (Å²) in [5.74, 6) is -0.191. The Morgan fingerprint density at radius 3 is 2.33 bits per heavy atom. The minimum atomic E-state index is -0.434. The van der Waals surface area contributed by atoms with Crippen molar-refractivity contribution in [2.45, 2.75) is 44.6 Å². The molecule has 4 rings (SSSR count). The SMILES string of the molecule is NC(=O)c1ccc(-c2ccc(C3CCCCN3C(=O)CN3CCCCC3)cn2)cc1. The summed E-state index contributed by atoms with van der Waals surface area (Å²) in [4.78, 5) is 33.3. The lowest BCUT2D eigenvalue weighted by atomic mass is 9.95. The summed E-state index contributed by atoms with van der Waals surface area (Å²) in [5.41, 5.74) is 8.68. The number of hydrogen-bond acceptors (Lipinski definition) is 4. The fourth-order valence-corrected chi connectivity index (χ4v) is 4.55. The van der Waals surface area contributed by atoms with Gasteiger partial charge in [0.1, 0.15) is 0 Å². The molecular weight excluding hydrogens is 376 g/mol. The number of pyridine rings is 1. The van der Waals surface area contributed by atoms with E-state index in [0.29, 0.717) is 12.1 Å². The standard InChI is InChI=1S/C24H30N4O2/c25-24(30)19-9-7-18(8-10-19)21-12-11-20(16-26-21)22-6-2-5-15-28(22)23(29)17-27-13-3-1-4-14-27/h7-12,16,22H,1-6,13-15,17H2,(H2,25,30). The van der Waals surface area contributed by atoms with Crippen LogP contribution in [0.4, 0.5) is 0 Å². The van der Waals surface area contributed by atoms with E-state index in [1.165, 1.54) is 19.3 Å². The van der Waals surface area contributed by atoms with Crippen LogP contribution in [0.5, 0.6) is 0 Å². The Morgan fingerprint density at radius 2 is 1.67 bits per heavy atom. The van der Waals surface area contributed by atoms with E-state index in [-0.39, 0.29) is 11.9 Å². The molecule has 1 aromatic heterocycles. The zero-order valence-corrected chi connectivity index (χ0v) is 17.4. The number of primary amides is 1. The van der Waals surface area contributed by atoms with E-state index in [9.17, 15) is 9.59 Å². The number of hydrogen-bond donors (Lipinski definition) is 1. The predicted molar refractivity (Wildman–Crippen MR) is 117 cm³/mol. The van der Waals surface area contributed by atoms with E-state index >= 15 is 0 Å². The van der Waals surface area contributed by atoms with E-state index in [1.54, 1.807) is 12.1 Å². The van der Waals surface area contributed by atoms with Crippen LogP contribution in [0.25, 0.3) is 11.3 Å². The summed E-state index contributed by atoms with van der Waals surface area (Å²) >= 11 is 0. The maximum atomic E-state index is 13.1. The second-order valence-corrected chi connectivity index (χ2v) is 8.35. The Bertz CT molecular complexity index is 873. The maximum Gasteiger partial charge on any atom is 0.248 e. The van der Waals surface area contributed by atoms with Gasteiger partial charge in [-0.2, -0.15) is 0 Å². The normalized spacial score (nSPS) is 20.1. The molecule has 0 aliphatic carbocycles. The van der Waals surface area contributed by atoms with Gasteiger partial charge < -0.3 is 10.6 Å². The molecule has 2 N–H and O–H groups in total. The van der Waals surface area contributed by atoms with Crippen molar-refractivity contribution < 1.29 is 9.59 Å². The van der Waals surface area contributed by atoms with Gasteiger partial charge in [0.2, 0.25) is 11.8 Å². The van der Waals surface area contributed by atoms with Gasteiger partial charge in [-0.3, -0.25) is 19.5 Å². The zero-order chi connectivity index (χ0) is 20.9. The first-order chi connectivity index (χ1) is 14.6. The van der Waals surface area contributed by atoms with Gasteiger partial charge in [0.05, 0.1) is 18.3 Å². The third-order valence-corrected chi connectivity index (χ3v) is 6.27. The summed E-state index contributed by atoms with van der Waals surface area (Å²) in [6.45, 7) is 3.44. The summed E-state index contributed by atoms with van der Waals surface area (Å²) in [6, 6.07) is 11.3. The molecule has 30 heavy (non-hydrogen) atoms. The van der Waals surface area contributed by atoms with Gasteiger partial charge in [-0.1, -0.05) is 24.6 Å². The minimum Gasteiger partial charge on any atom is -0.366 e. The second-order valence-electron chi connectivity index (χ2n) is 8.35. The van der Waals surface area contributed by atoms with Crippen molar-refractivity contribution in [1.29, 1.82) is 0 Å². The smallest absolute Gasteiger partial charge is 0.248 e. The van der Waals surface area contributed by atoms with Crippen molar-refractivity contribution in [3.8, 4) is 11.3 Å². The largest absolute Gasteiger partial charge is 0.366 e. The number of aromatic nitrogens is 1. The van der Waals surface area contributed by atoms with Crippen LogP contribution in [-0.4, -0.2) is 52.8 Å². The van der Waals surface area contributed by atoms with Crippen molar-refractivity contribution in [3.05, 3.63) is 53.7 Å². The van der Waals surface area contributed by atoms with Crippen molar-refractivity contribution >= 4 is 11.8 Å². The van der Waals surface area contributed by atoms with Crippen LogP contribution in [0.1, 0.15) is 60.5 Å².